The fraction of sp³-hybridized carbons (Fsp3) is 0.0625. The van der Waals surface area contributed by atoms with Crippen LogP contribution in [0.2, 0.25) is 0 Å². The number of ketones is 1. The smallest absolute Gasteiger partial charge is 0.343 e. The molecule has 0 bridgehead atoms. The minimum absolute atomic E-state index is 0.0651. The Balaban J connectivity index is 2.08. The lowest BCUT2D eigenvalue weighted by Gasteiger charge is -2.05. The van der Waals surface area contributed by atoms with E-state index in [1.54, 1.807) is 24.3 Å². The average molecular weight is 280 g/mol. The largest absolute Gasteiger partial charge is 0.423 e. The van der Waals surface area contributed by atoms with Crippen molar-refractivity contribution in [1.29, 1.82) is 5.26 Å². The molecular weight excluding hydrogens is 268 g/mol. The van der Waals surface area contributed by atoms with Crippen LogP contribution >= 0.6 is 0 Å². The van der Waals surface area contributed by atoms with Gasteiger partial charge in [0, 0.05) is 5.56 Å². The van der Waals surface area contributed by atoms with Crippen LogP contribution in [0.1, 0.15) is 26.3 Å². The molecule has 0 aliphatic heterocycles. The number of carbonyl (C=O) groups excluding carboxylic acids is 2. The van der Waals surface area contributed by atoms with E-state index >= 15 is 0 Å². The summed E-state index contributed by atoms with van der Waals surface area (Å²) in [6.07, 6.45) is 0. The molecule has 0 unspecified atom stereocenters. The maximum absolute atomic E-state index is 11.9. The lowest BCUT2D eigenvalue weighted by atomic mass is 10.1. The molecule has 0 amide bonds. The summed E-state index contributed by atoms with van der Waals surface area (Å²) in [5.74, 6) is -0.379. The molecule has 0 atom stereocenters. The Hall–Kier alpha value is -2.97. The second-order valence-electron chi connectivity index (χ2n) is 4.23. The maximum atomic E-state index is 11.9. The van der Waals surface area contributed by atoms with Gasteiger partial charge >= 0.3 is 5.97 Å². The SMILES string of the molecule is N#Cc1ccc(C(=O)Oc2ccc(C(=O)CN)cc2)cc1. The molecule has 2 aromatic carbocycles. The summed E-state index contributed by atoms with van der Waals surface area (Å²) in [5.41, 5.74) is 6.55. The van der Waals surface area contributed by atoms with E-state index in [4.69, 9.17) is 15.7 Å². The van der Waals surface area contributed by atoms with Crippen LogP contribution in [0.4, 0.5) is 0 Å². The number of nitriles is 1. The molecule has 0 radical (unpaired) electrons. The van der Waals surface area contributed by atoms with Crippen LogP contribution in [-0.2, 0) is 0 Å². The number of ether oxygens (including phenoxy) is 1. The van der Waals surface area contributed by atoms with E-state index in [9.17, 15) is 9.59 Å². The molecule has 0 aliphatic carbocycles. The van der Waals surface area contributed by atoms with Crippen molar-refractivity contribution < 1.29 is 14.3 Å². The third-order valence-electron chi connectivity index (χ3n) is 2.82. The van der Waals surface area contributed by atoms with Crippen LogP contribution in [0.15, 0.2) is 48.5 Å². The fourth-order valence-electron chi connectivity index (χ4n) is 1.67. The van der Waals surface area contributed by atoms with Crippen molar-refractivity contribution in [2.24, 2.45) is 5.73 Å². The van der Waals surface area contributed by atoms with E-state index in [2.05, 4.69) is 0 Å². The normalized spacial score (nSPS) is 9.71. The summed E-state index contributed by atoms with van der Waals surface area (Å²) >= 11 is 0. The summed E-state index contributed by atoms with van der Waals surface area (Å²) in [5, 5.41) is 8.69. The van der Waals surface area contributed by atoms with Crippen LogP contribution < -0.4 is 10.5 Å². The molecule has 0 heterocycles. The summed E-state index contributed by atoms with van der Waals surface area (Å²) in [4.78, 5) is 23.3. The highest BCUT2D eigenvalue weighted by molar-refractivity contribution is 5.97. The van der Waals surface area contributed by atoms with E-state index in [1.807, 2.05) is 6.07 Å². The van der Waals surface area contributed by atoms with Crippen molar-refractivity contribution >= 4 is 11.8 Å². The molecule has 0 aromatic heterocycles. The number of benzene rings is 2. The predicted molar refractivity (Wildman–Crippen MR) is 75.9 cm³/mol. The zero-order valence-corrected chi connectivity index (χ0v) is 11.1. The summed E-state index contributed by atoms with van der Waals surface area (Å²) < 4.78 is 5.18. The van der Waals surface area contributed by atoms with Crippen molar-refractivity contribution in [3.63, 3.8) is 0 Å². The Morgan fingerprint density at radius 2 is 1.57 bits per heavy atom. The predicted octanol–water partition coefficient (Wildman–Crippen LogP) is 1.92. The molecule has 2 N–H and O–H groups in total. The molecule has 2 rings (SSSR count). The number of rotatable bonds is 4. The molecule has 2 aromatic rings. The number of nitrogens with zero attached hydrogens (tertiary/aromatic N) is 1. The van der Waals surface area contributed by atoms with Gasteiger partial charge in [-0.05, 0) is 48.5 Å². The van der Waals surface area contributed by atoms with Crippen molar-refractivity contribution in [3.05, 3.63) is 65.2 Å². The number of nitrogens with two attached hydrogens (primary N) is 1. The van der Waals surface area contributed by atoms with Gasteiger partial charge in [0.25, 0.3) is 0 Å². The highest BCUT2D eigenvalue weighted by Crippen LogP contribution is 2.15. The minimum Gasteiger partial charge on any atom is -0.423 e. The zero-order chi connectivity index (χ0) is 15.2. The lowest BCUT2D eigenvalue weighted by molar-refractivity contribution is 0.0734. The van der Waals surface area contributed by atoms with E-state index < -0.39 is 5.97 Å². The number of hydrogen-bond donors (Lipinski definition) is 1. The number of esters is 1. The Bertz CT molecular complexity index is 698. The van der Waals surface area contributed by atoms with E-state index in [1.165, 1.54) is 24.3 Å². The minimum atomic E-state index is -0.530. The fourth-order valence-corrected chi connectivity index (χ4v) is 1.67. The van der Waals surface area contributed by atoms with Gasteiger partial charge in [-0.1, -0.05) is 0 Å². The van der Waals surface area contributed by atoms with Crippen LogP contribution in [0.25, 0.3) is 0 Å². The Morgan fingerprint density at radius 3 is 2.10 bits per heavy atom. The molecule has 5 nitrogen and oxygen atoms in total. The van der Waals surface area contributed by atoms with Gasteiger partial charge in [-0.3, -0.25) is 4.79 Å². The first kappa shape index (κ1) is 14.4. The van der Waals surface area contributed by atoms with Crippen molar-refractivity contribution in [2.75, 3.05) is 6.54 Å². The summed E-state index contributed by atoms with van der Waals surface area (Å²) in [7, 11) is 0. The van der Waals surface area contributed by atoms with Crippen LogP contribution in [0.5, 0.6) is 5.75 Å². The lowest BCUT2D eigenvalue weighted by Crippen LogP contribution is -2.13. The van der Waals surface area contributed by atoms with E-state index in [0.717, 1.165) is 0 Å². The number of carbonyl (C=O) groups is 2. The topological polar surface area (TPSA) is 93.2 Å². The molecule has 21 heavy (non-hydrogen) atoms. The molecule has 0 spiro atoms. The Morgan fingerprint density at radius 1 is 1.00 bits per heavy atom. The standard InChI is InChI=1S/C16H12N2O3/c17-9-11-1-3-13(4-2-11)16(20)21-14-7-5-12(6-8-14)15(19)10-18/h1-8H,10,18H2. The Labute approximate surface area is 121 Å². The quantitative estimate of drug-likeness (QED) is 0.524. The van der Waals surface area contributed by atoms with Gasteiger partial charge in [0.2, 0.25) is 0 Å². The van der Waals surface area contributed by atoms with Gasteiger partial charge in [-0.25, -0.2) is 4.79 Å². The highest BCUT2D eigenvalue weighted by atomic mass is 16.5. The average Bonchev–Trinajstić information content (AvgIpc) is 2.55. The van der Waals surface area contributed by atoms with Gasteiger partial charge in [0.15, 0.2) is 5.78 Å². The van der Waals surface area contributed by atoms with E-state index in [0.29, 0.717) is 22.4 Å². The first-order chi connectivity index (χ1) is 10.1. The van der Waals surface area contributed by atoms with Gasteiger partial charge in [0.05, 0.1) is 23.7 Å². The highest BCUT2D eigenvalue weighted by Gasteiger charge is 2.09. The molecule has 0 aliphatic rings. The van der Waals surface area contributed by atoms with Gasteiger partial charge in [0.1, 0.15) is 5.75 Å². The van der Waals surface area contributed by atoms with Gasteiger partial charge in [-0.15, -0.1) is 0 Å². The molecular formula is C16H12N2O3. The molecule has 5 heteroatoms. The van der Waals surface area contributed by atoms with Gasteiger partial charge in [-0.2, -0.15) is 5.26 Å². The second-order valence-corrected chi connectivity index (χ2v) is 4.23. The Kier molecular flexibility index (Phi) is 4.44. The number of hydrogen-bond acceptors (Lipinski definition) is 5. The number of Topliss-reactive ketones (excluding diaryl/α,β-unsaturated/α-hetero) is 1. The molecule has 0 saturated carbocycles. The molecule has 0 saturated heterocycles. The van der Waals surface area contributed by atoms with Crippen LogP contribution in [0.3, 0.4) is 0 Å². The summed E-state index contributed by atoms with van der Waals surface area (Å²) in [6.45, 7) is -0.0651. The van der Waals surface area contributed by atoms with Crippen LogP contribution in [-0.4, -0.2) is 18.3 Å². The first-order valence-corrected chi connectivity index (χ1v) is 6.19. The van der Waals surface area contributed by atoms with Crippen molar-refractivity contribution in [2.45, 2.75) is 0 Å². The monoisotopic (exact) mass is 280 g/mol. The van der Waals surface area contributed by atoms with Crippen molar-refractivity contribution in [1.82, 2.24) is 0 Å². The maximum Gasteiger partial charge on any atom is 0.343 e. The second kappa shape index (κ2) is 6.46. The molecule has 0 fully saturated rings. The van der Waals surface area contributed by atoms with Crippen molar-refractivity contribution in [3.8, 4) is 11.8 Å². The first-order valence-electron chi connectivity index (χ1n) is 6.19. The van der Waals surface area contributed by atoms with Gasteiger partial charge < -0.3 is 10.5 Å². The third kappa shape index (κ3) is 3.53. The third-order valence-corrected chi connectivity index (χ3v) is 2.82. The zero-order valence-electron chi connectivity index (χ0n) is 11.1. The summed E-state index contributed by atoms with van der Waals surface area (Å²) in [6, 6.07) is 14.3. The van der Waals surface area contributed by atoms with Crippen LogP contribution in [0, 0.1) is 11.3 Å². The van der Waals surface area contributed by atoms with E-state index in [-0.39, 0.29) is 12.3 Å². The molecule has 104 valence electrons.